The summed E-state index contributed by atoms with van der Waals surface area (Å²) in [5.41, 5.74) is 0.899. The summed E-state index contributed by atoms with van der Waals surface area (Å²) in [6.07, 6.45) is 1.56. The Morgan fingerprint density at radius 1 is 0.968 bits per heavy atom. The number of benzene rings is 2. The molecular formula is C24H27NO6. The molecule has 7 heteroatoms. The van der Waals surface area contributed by atoms with Gasteiger partial charge >= 0.3 is 0 Å². The van der Waals surface area contributed by atoms with E-state index < -0.39 is 17.7 Å². The lowest BCUT2D eigenvalue weighted by Crippen LogP contribution is -2.30. The minimum Gasteiger partial charge on any atom is -0.507 e. The van der Waals surface area contributed by atoms with Gasteiger partial charge in [0, 0.05) is 12.1 Å². The Hall–Kier alpha value is -3.48. The Bertz CT molecular complexity index is 1010. The lowest BCUT2D eigenvalue weighted by atomic mass is 9.94. The van der Waals surface area contributed by atoms with Crippen molar-refractivity contribution in [2.75, 3.05) is 27.9 Å². The topological polar surface area (TPSA) is 85.3 Å². The van der Waals surface area contributed by atoms with Crippen LogP contribution in [0.3, 0.4) is 0 Å². The van der Waals surface area contributed by atoms with Crippen molar-refractivity contribution in [3.05, 3.63) is 59.2 Å². The highest BCUT2D eigenvalue weighted by atomic mass is 16.5. The van der Waals surface area contributed by atoms with E-state index in [9.17, 15) is 14.7 Å². The van der Waals surface area contributed by atoms with E-state index >= 15 is 0 Å². The zero-order chi connectivity index (χ0) is 22.5. The van der Waals surface area contributed by atoms with E-state index in [4.69, 9.17) is 14.2 Å². The van der Waals surface area contributed by atoms with Crippen molar-refractivity contribution in [1.82, 2.24) is 4.90 Å². The molecule has 0 spiro atoms. The van der Waals surface area contributed by atoms with Gasteiger partial charge < -0.3 is 24.2 Å². The van der Waals surface area contributed by atoms with Crippen LogP contribution in [0, 0.1) is 0 Å². The van der Waals surface area contributed by atoms with Crippen molar-refractivity contribution < 1.29 is 28.9 Å². The maximum atomic E-state index is 13.1. The first-order chi connectivity index (χ1) is 15.0. The SMILES string of the molecule is CCCCN1C(=O)C(=O)/C(=C(/O)c2ccccc2OC)C1c1cccc(OC)c1OC. The van der Waals surface area contributed by atoms with Crippen LogP contribution < -0.4 is 14.2 Å². The number of para-hydroxylation sites is 2. The average Bonchev–Trinajstić information content (AvgIpc) is 3.06. The van der Waals surface area contributed by atoms with E-state index in [-0.39, 0.29) is 11.3 Å². The number of carbonyl (C=O) groups excluding carboxylic acids is 2. The normalized spacial score (nSPS) is 17.7. The highest BCUT2D eigenvalue weighted by Crippen LogP contribution is 2.46. The van der Waals surface area contributed by atoms with Crippen LogP contribution in [0.2, 0.25) is 0 Å². The largest absolute Gasteiger partial charge is 0.507 e. The van der Waals surface area contributed by atoms with Gasteiger partial charge in [-0.15, -0.1) is 0 Å². The summed E-state index contributed by atoms with van der Waals surface area (Å²) in [6.45, 7) is 2.38. The fourth-order valence-corrected chi connectivity index (χ4v) is 3.88. The first-order valence-electron chi connectivity index (χ1n) is 10.1. The van der Waals surface area contributed by atoms with Crippen LogP contribution in [0.4, 0.5) is 0 Å². The second kappa shape index (κ2) is 9.55. The molecule has 0 radical (unpaired) electrons. The molecule has 1 aliphatic heterocycles. The van der Waals surface area contributed by atoms with Crippen LogP contribution in [-0.4, -0.2) is 49.6 Å². The third kappa shape index (κ3) is 3.95. The lowest BCUT2D eigenvalue weighted by molar-refractivity contribution is -0.139. The predicted molar refractivity (Wildman–Crippen MR) is 116 cm³/mol. The van der Waals surface area contributed by atoms with E-state index in [1.807, 2.05) is 6.92 Å². The first-order valence-corrected chi connectivity index (χ1v) is 10.1. The molecule has 1 saturated heterocycles. The van der Waals surface area contributed by atoms with Crippen LogP contribution in [0.15, 0.2) is 48.0 Å². The average molecular weight is 425 g/mol. The summed E-state index contributed by atoms with van der Waals surface area (Å²) in [6, 6.07) is 11.3. The Kier molecular flexibility index (Phi) is 6.84. The highest BCUT2D eigenvalue weighted by molar-refractivity contribution is 6.46. The molecule has 2 aromatic rings. The molecule has 1 N–H and O–H groups in total. The van der Waals surface area contributed by atoms with Crippen molar-refractivity contribution in [1.29, 1.82) is 0 Å². The van der Waals surface area contributed by atoms with Gasteiger partial charge in [0.05, 0.1) is 38.5 Å². The summed E-state index contributed by atoms with van der Waals surface area (Å²) < 4.78 is 16.3. The van der Waals surface area contributed by atoms with Crippen molar-refractivity contribution in [2.45, 2.75) is 25.8 Å². The van der Waals surface area contributed by atoms with Gasteiger partial charge in [-0.1, -0.05) is 37.6 Å². The van der Waals surface area contributed by atoms with Gasteiger partial charge in [0.2, 0.25) is 0 Å². The van der Waals surface area contributed by atoms with Crippen LogP contribution >= 0.6 is 0 Å². The number of methoxy groups -OCH3 is 3. The van der Waals surface area contributed by atoms with E-state index in [1.54, 1.807) is 42.5 Å². The molecule has 0 aromatic heterocycles. The molecule has 1 aliphatic rings. The number of rotatable bonds is 8. The molecular weight excluding hydrogens is 398 g/mol. The van der Waals surface area contributed by atoms with Gasteiger partial charge in [-0.25, -0.2) is 0 Å². The maximum Gasteiger partial charge on any atom is 0.295 e. The predicted octanol–water partition coefficient (Wildman–Crippen LogP) is 3.93. The standard InChI is InChI=1S/C24H27NO6/c1-5-6-14-25-20(16-11-9-13-18(30-3)23(16)31-4)19(22(27)24(25)28)21(26)15-10-7-8-12-17(15)29-2/h7-13,20,26H,5-6,14H2,1-4H3/b21-19+. The molecule has 7 nitrogen and oxygen atoms in total. The number of hydrogen-bond donors (Lipinski definition) is 1. The molecule has 1 unspecified atom stereocenters. The fourth-order valence-electron chi connectivity index (χ4n) is 3.88. The number of ether oxygens (including phenoxy) is 3. The molecule has 1 amide bonds. The van der Waals surface area contributed by atoms with Gasteiger partial charge in [-0.05, 0) is 24.6 Å². The van der Waals surface area contributed by atoms with Gasteiger partial charge in [-0.2, -0.15) is 0 Å². The molecule has 1 heterocycles. The summed E-state index contributed by atoms with van der Waals surface area (Å²) in [5.74, 6) is -0.405. The van der Waals surface area contributed by atoms with Crippen molar-refractivity contribution >= 4 is 17.4 Å². The third-order valence-corrected chi connectivity index (χ3v) is 5.38. The number of amides is 1. The monoisotopic (exact) mass is 425 g/mol. The lowest BCUT2D eigenvalue weighted by Gasteiger charge is -2.27. The van der Waals surface area contributed by atoms with E-state index in [0.717, 1.165) is 6.42 Å². The Morgan fingerprint density at radius 3 is 2.29 bits per heavy atom. The highest BCUT2D eigenvalue weighted by Gasteiger charge is 2.47. The molecule has 31 heavy (non-hydrogen) atoms. The quantitative estimate of drug-likeness (QED) is 0.392. The molecule has 164 valence electrons. The Morgan fingerprint density at radius 2 is 1.65 bits per heavy atom. The molecule has 0 aliphatic carbocycles. The third-order valence-electron chi connectivity index (χ3n) is 5.38. The van der Waals surface area contributed by atoms with Crippen LogP contribution in [-0.2, 0) is 9.59 Å². The summed E-state index contributed by atoms with van der Waals surface area (Å²) in [4.78, 5) is 27.6. The number of carbonyl (C=O) groups is 2. The number of aliphatic hydroxyl groups is 1. The Labute approximate surface area is 181 Å². The fraction of sp³-hybridized carbons (Fsp3) is 0.333. The van der Waals surface area contributed by atoms with Crippen LogP contribution in [0.1, 0.15) is 36.9 Å². The minimum atomic E-state index is -0.818. The van der Waals surface area contributed by atoms with Gasteiger partial charge in [0.1, 0.15) is 11.5 Å². The van der Waals surface area contributed by atoms with Crippen molar-refractivity contribution in [3.8, 4) is 17.2 Å². The van der Waals surface area contributed by atoms with Crippen LogP contribution in [0.25, 0.3) is 5.76 Å². The second-order valence-electron chi connectivity index (χ2n) is 7.13. The molecule has 1 atom stereocenters. The Balaban J connectivity index is 2.29. The number of unbranched alkanes of at least 4 members (excludes halogenated alkanes) is 1. The summed E-state index contributed by atoms with van der Waals surface area (Å²) in [7, 11) is 4.50. The molecule has 2 aromatic carbocycles. The number of Topliss-reactive ketones (excluding diaryl/α,β-unsaturated/α-hetero) is 1. The summed E-state index contributed by atoms with van der Waals surface area (Å²) in [5, 5.41) is 11.2. The molecule has 1 fully saturated rings. The zero-order valence-corrected chi connectivity index (χ0v) is 18.2. The molecule has 0 bridgehead atoms. The molecule has 0 saturated carbocycles. The van der Waals surface area contributed by atoms with E-state index in [0.29, 0.717) is 41.3 Å². The van der Waals surface area contributed by atoms with Gasteiger partial charge in [0.15, 0.2) is 11.5 Å². The van der Waals surface area contributed by atoms with Gasteiger partial charge in [0.25, 0.3) is 11.7 Å². The number of likely N-dealkylation sites (tertiary alicyclic amines) is 1. The summed E-state index contributed by atoms with van der Waals surface area (Å²) >= 11 is 0. The van der Waals surface area contributed by atoms with E-state index in [1.165, 1.54) is 26.2 Å². The number of hydrogen-bond acceptors (Lipinski definition) is 6. The first kappa shape index (κ1) is 22.2. The minimum absolute atomic E-state index is 0.00263. The van der Waals surface area contributed by atoms with Crippen molar-refractivity contribution in [2.24, 2.45) is 0 Å². The van der Waals surface area contributed by atoms with Crippen LogP contribution in [0.5, 0.6) is 17.2 Å². The smallest absolute Gasteiger partial charge is 0.295 e. The van der Waals surface area contributed by atoms with E-state index in [2.05, 4.69) is 0 Å². The second-order valence-corrected chi connectivity index (χ2v) is 7.13. The molecule has 3 rings (SSSR count). The van der Waals surface area contributed by atoms with Crippen molar-refractivity contribution in [3.63, 3.8) is 0 Å². The van der Waals surface area contributed by atoms with Gasteiger partial charge in [-0.3, -0.25) is 9.59 Å². The number of ketones is 1. The zero-order valence-electron chi connectivity index (χ0n) is 18.2. The number of nitrogens with zero attached hydrogens (tertiary/aromatic N) is 1. The number of aliphatic hydroxyl groups excluding tert-OH is 1. The maximum absolute atomic E-state index is 13.1.